The number of imidazole rings is 2. The Kier molecular flexibility index (Phi) is 4.12. The third kappa shape index (κ3) is 2.79. The van der Waals surface area contributed by atoms with Crippen molar-refractivity contribution in [2.24, 2.45) is 0 Å². The number of para-hydroxylation sites is 6. The average Bonchev–Trinajstić information content (AvgIpc) is 3.77. The quantitative estimate of drug-likeness (QED) is 0.235. The third-order valence-electron chi connectivity index (χ3n) is 8.77. The Morgan fingerprint density at radius 1 is 0.429 bits per heavy atom. The topological polar surface area (TPSA) is 43.0 Å². The van der Waals surface area contributed by atoms with Gasteiger partial charge in [-0.25, -0.2) is 4.98 Å². The summed E-state index contributed by atoms with van der Waals surface area (Å²) >= 11 is 0. The summed E-state index contributed by atoms with van der Waals surface area (Å²) in [5.74, 6) is 0.919. The van der Waals surface area contributed by atoms with Crippen LogP contribution in [0.2, 0.25) is 0 Å². The number of nitrogens with one attached hydrogen (secondary N) is 1. The Balaban J connectivity index is 1.25. The lowest BCUT2D eigenvalue weighted by Gasteiger charge is -2.08. The van der Waals surface area contributed by atoms with Gasteiger partial charge in [0.2, 0.25) is 5.78 Å². The van der Waals surface area contributed by atoms with E-state index in [2.05, 4.69) is 146 Å². The first-order valence-corrected chi connectivity index (χ1v) is 14.2. The van der Waals surface area contributed by atoms with E-state index < -0.39 is 0 Å². The molecule has 0 amide bonds. The Bertz CT molecular complexity index is 2640. The minimum atomic E-state index is 0.919. The van der Waals surface area contributed by atoms with Crippen LogP contribution in [-0.4, -0.2) is 23.5 Å². The number of aromatic amines is 1. The molecular formula is C37H23N5. The van der Waals surface area contributed by atoms with E-state index in [1.807, 2.05) is 6.07 Å². The summed E-state index contributed by atoms with van der Waals surface area (Å²) in [7, 11) is 0. The van der Waals surface area contributed by atoms with E-state index in [0.29, 0.717) is 0 Å². The van der Waals surface area contributed by atoms with Gasteiger partial charge in [0.15, 0.2) is 0 Å². The molecule has 0 saturated heterocycles. The number of benzene rings is 6. The van der Waals surface area contributed by atoms with Crippen molar-refractivity contribution < 1.29 is 0 Å². The van der Waals surface area contributed by atoms with Crippen molar-refractivity contribution in [2.45, 2.75) is 0 Å². The predicted molar refractivity (Wildman–Crippen MR) is 173 cm³/mol. The molecule has 10 rings (SSSR count). The van der Waals surface area contributed by atoms with Gasteiger partial charge in [-0.15, -0.1) is 0 Å². The average molecular weight is 538 g/mol. The van der Waals surface area contributed by atoms with Crippen LogP contribution < -0.4 is 0 Å². The lowest BCUT2D eigenvalue weighted by Crippen LogP contribution is -1.95. The molecule has 10 aromatic rings. The van der Waals surface area contributed by atoms with Gasteiger partial charge in [-0.3, -0.25) is 8.97 Å². The summed E-state index contributed by atoms with van der Waals surface area (Å²) < 4.78 is 6.93. The summed E-state index contributed by atoms with van der Waals surface area (Å²) in [4.78, 5) is 8.73. The van der Waals surface area contributed by atoms with Crippen LogP contribution in [0.4, 0.5) is 0 Å². The highest BCUT2D eigenvalue weighted by atomic mass is 15.2. The molecule has 1 N–H and O–H groups in total. The largest absolute Gasteiger partial charge is 0.355 e. The first kappa shape index (κ1) is 21.9. The van der Waals surface area contributed by atoms with Crippen LogP contribution >= 0.6 is 0 Å². The highest BCUT2D eigenvalue weighted by Crippen LogP contribution is 2.36. The summed E-state index contributed by atoms with van der Waals surface area (Å²) in [5.41, 5.74) is 11.3. The molecule has 0 aliphatic carbocycles. The van der Waals surface area contributed by atoms with Crippen LogP contribution in [-0.2, 0) is 0 Å². The normalized spacial score (nSPS) is 12.3. The van der Waals surface area contributed by atoms with Crippen LogP contribution in [0.1, 0.15) is 0 Å². The minimum Gasteiger partial charge on any atom is -0.355 e. The highest BCUT2D eigenvalue weighted by molar-refractivity contribution is 6.11. The third-order valence-corrected chi connectivity index (χ3v) is 8.77. The van der Waals surface area contributed by atoms with Crippen molar-refractivity contribution in [3.8, 4) is 11.4 Å². The van der Waals surface area contributed by atoms with Crippen LogP contribution in [0.25, 0.3) is 82.8 Å². The molecule has 0 aliphatic heterocycles. The number of H-pyrrole nitrogens is 1. The SMILES string of the molecule is c1ccc2c(c1)nc1n(-c3ccc4[nH]c5ccc(-n6c7ccccc7c7ccccc76)cc5c4c3)c3ccccc3n21. The van der Waals surface area contributed by atoms with E-state index >= 15 is 0 Å². The Hall–Kier alpha value is -5.81. The van der Waals surface area contributed by atoms with Gasteiger partial charge < -0.3 is 9.55 Å². The van der Waals surface area contributed by atoms with Crippen LogP contribution in [0.15, 0.2) is 133 Å². The molecule has 0 fully saturated rings. The molecule has 0 saturated carbocycles. The van der Waals surface area contributed by atoms with Crippen molar-refractivity contribution in [2.75, 3.05) is 0 Å². The Morgan fingerprint density at radius 3 is 1.62 bits per heavy atom. The standard InChI is InChI=1S/C37H23N5/c1-4-12-32-25(9-1)26-10-2-5-13-33(26)40(32)23-17-19-29-27(21-23)28-22-24(18-20-30(28)38-29)41-35-15-7-8-16-36(35)42-34-14-6-3-11-31(34)39-37(41)42/h1-22,38H. The number of nitrogens with zero attached hydrogens (tertiary/aromatic N) is 4. The molecule has 6 aromatic carbocycles. The van der Waals surface area contributed by atoms with Crippen molar-refractivity contribution in [3.05, 3.63) is 133 Å². The second-order valence-electron chi connectivity index (χ2n) is 11.0. The molecule has 42 heavy (non-hydrogen) atoms. The first-order chi connectivity index (χ1) is 20.8. The number of hydrogen-bond donors (Lipinski definition) is 1. The zero-order chi connectivity index (χ0) is 27.4. The van der Waals surface area contributed by atoms with Crippen molar-refractivity contribution in [1.82, 2.24) is 23.5 Å². The van der Waals surface area contributed by atoms with Crippen molar-refractivity contribution >= 4 is 71.5 Å². The molecule has 4 heterocycles. The zero-order valence-electron chi connectivity index (χ0n) is 22.5. The maximum absolute atomic E-state index is 5.08. The summed E-state index contributed by atoms with van der Waals surface area (Å²) in [6.07, 6.45) is 0. The molecule has 0 unspecified atom stereocenters. The van der Waals surface area contributed by atoms with Crippen LogP contribution in [0, 0.1) is 0 Å². The molecular weight excluding hydrogens is 514 g/mol. The minimum absolute atomic E-state index is 0.919. The molecule has 0 bridgehead atoms. The maximum Gasteiger partial charge on any atom is 0.220 e. The fourth-order valence-corrected chi connectivity index (χ4v) is 6.96. The lowest BCUT2D eigenvalue weighted by atomic mass is 10.1. The van der Waals surface area contributed by atoms with E-state index in [1.54, 1.807) is 0 Å². The molecule has 196 valence electrons. The second kappa shape index (κ2) is 7.89. The van der Waals surface area contributed by atoms with Gasteiger partial charge in [0.25, 0.3) is 0 Å². The van der Waals surface area contributed by atoms with Gasteiger partial charge in [0.1, 0.15) is 0 Å². The number of aromatic nitrogens is 5. The molecule has 0 radical (unpaired) electrons. The van der Waals surface area contributed by atoms with E-state index in [0.717, 1.165) is 50.3 Å². The Morgan fingerprint density at radius 2 is 0.952 bits per heavy atom. The van der Waals surface area contributed by atoms with E-state index in [4.69, 9.17) is 4.98 Å². The predicted octanol–water partition coefficient (Wildman–Crippen LogP) is 9.16. The van der Waals surface area contributed by atoms with Gasteiger partial charge in [-0.05, 0) is 72.8 Å². The van der Waals surface area contributed by atoms with E-state index in [1.165, 1.54) is 32.6 Å². The first-order valence-electron chi connectivity index (χ1n) is 14.2. The summed E-state index contributed by atoms with van der Waals surface area (Å²) in [6, 6.07) is 47.7. The van der Waals surface area contributed by atoms with Gasteiger partial charge in [-0.1, -0.05) is 60.7 Å². The number of fused-ring (bicyclic) bond motifs is 11. The zero-order valence-corrected chi connectivity index (χ0v) is 22.5. The van der Waals surface area contributed by atoms with Gasteiger partial charge >= 0.3 is 0 Å². The van der Waals surface area contributed by atoms with Gasteiger partial charge in [0, 0.05) is 44.0 Å². The van der Waals surface area contributed by atoms with E-state index in [9.17, 15) is 0 Å². The number of hydrogen-bond acceptors (Lipinski definition) is 1. The van der Waals surface area contributed by atoms with Gasteiger partial charge in [-0.2, -0.15) is 0 Å². The molecule has 4 aromatic heterocycles. The Labute approximate surface area is 239 Å². The van der Waals surface area contributed by atoms with E-state index in [-0.39, 0.29) is 0 Å². The fraction of sp³-hybridized carbons (Fsp3) is 0. The highest BCUT2D eigenvalue weighted by Gasteiger charge is 2.18. The monoisotopic (exact) mass is 537 g/mol. The molecule has 5 heteroatoms. The fourth-order valence-electron chi connectivity index (χ4n) is 6.96. The second-order valence-corrected chi connectivity index (χ2v) is 11.0. The molecule has 0 aliphatic rings. The summed E-state index contributed by atoms with van der Waals surface area (Å²) in [5, 5.41) is 4.93. The molecule has 0 atom stereocenters. The van der Waals surface area contributed by atoms with Crippen molar-refractivity contribution in [3.63, 3.8) is 0 Å². The number of rotatable bonds is 2. The van der Waals surface area contributed by atoms with Gasteiger partial charge in [0.05, 0.1) is 33.1 Å². The maximum atomic E-state index is 5.08. The molecule has 5 nitrogen and oxygen atoms in total. The van der Waals surface area contributed by atoms with Crippen LogP contribution in [0.3, 0.4) is 0 Å². The van der Waals surface area contributed by atoms with Crippen molar-refractivity contribution in [1.29, 1.82) is 0 Å². The van der Waals surface area contributed by atoms with Crippen LogP contribution in [0.5, 0.6) is 0 Å². The summed E-state index contributed by atoms with van der Waals surface area (Å²) in [6.45, 7) is 0. The lowest BCUT2D eigenvalue weighted by molar-refractivity contribution is 1.11. The smallest absolute Gasteiger partial charge is 0.220 e. The molecule has 0 spiro atoms.